The van der Waals surface area contributed by atoms with E-state index in [2.05, 4.69) is 53.5 Å². The molecule has 3 nitrogen and oxygen atoms in total. The monoisotopic (exact) mass is 403 g/mol. The Morgan fingerprint density at radius 2 is 1.68 bits per heavy atom. The van der Waals surface area contributed by atoms with Gasteiger partial charge in [0.1, 0.15) is 12.4 Å². The van der Waals surface area contributed by atoms with E-state index in [9.17, 15) is 4.79 Å². The third kappa shape index (κ3) is 2.89. The van der Waals surface area contributed by atoms with Crippen LogP contribution in [0.3, 0.4) is 0 Å². The van der Waals surface area contributed by atoms with Gasteiger partial charge in [-0.05, 0) is 58.5 Å². The van der Waals surface area contributed by atoms with Crippen LogP contribution in [-0.2, 0) is 24.9 Å². The maximum atomic E-state index is 13.0. The van der Waals surface area contributed by atoms with Crippen LogP contribution in [0.5, 0.6) is 5.75 Å². The predicted octanol–water partition coefficient (Wildman–Crippen LogP) is 5.60. The van der Waals surface area contributed by atoms with Crippen molar-refractivity contribution in [3.05, 3.63) is 119 Å². The lowest BCUT2D eigenvalue weighted by molar-refractivity contribution is 0.103. The van der Waals surface area contributed by atoms with Crippen molar-refractivity contribution < 1.29 is 9.53 Å². The molecular weight excluding hydrogens is 382 g/mol. The summed E-state index contributed by atoms with van der Waals surface area (Å²) in [5.74, 6) is 0.659. The first-order valence-electron chi connectivity index (χ1n) is 10.6. The third-order valence-electron chi connectivity index (χ3n) is 6.57. The first-order valence-corrected chi connectivity index (χ1v) is 10.6. The van der Waals surface area contributed by atoms with E-state index in [-0.39, 0.29) is 11.2 Å². The topological polar surface area (TPSA) is 39.2 Å². The van der Waals surface area contributed by atoms with Crippen molar-refractivity contribution in [3.63, 3.8) is 0 Å². The number of nitrogens with zero attached hydrogens (tertiary/aromatic N) is 1. The van der Waals surface area contributed by atoms with Crippen molar-refractivity contribution in [1.82, 2.24) is 4.98 Å². The number of hydrogen-bond donors (Lipinski definition) is 0. The van der Waals surface area contributed by atoms with Crippen LogP contribution in [0.2, 0.25) is 0 Å². The van der Waals surface area contributed by atoms with E-state index in [0.29, 0.717) is 17.9 Å². The Bertz CT molecular complexity index is 1310. The maximum Gasteiger partial charge on any atom is 0.189 e. The molecule has 0 saturated heterocycles. The van der Waals surface area contributed by atoms with Gasteiger partial charge in [0.15, 0.2) is 5.78 Å². The highest BCUT2D eigenvalue weighted by Gasteiger charge is 2.40. The zero-order chi connectivity index (χ0) is 20.8. The molecule has 1 spiro atoms. The average molecular weight is 403 g/mol. The molecule has 31 heavy (non-hydrogen) atoms. The molecule has 0 bridgehead atoms. The summed E-state index contributed by atoms with van der Waals surface area (Å²) >= 11 is 0. The number of aromatic nitrogens is 1. The van der Waals surface area contributed by atoms with Gasteiger partial charge in [-0.3, -0.25) is 9.78 Å². The number of pyridine rings is 1. The van der Waals surface area contributed by atoms with Crippen LogP contribution >= 0.6 is 0 Å². The Hall–Kier alpha value is -3.72. The molecule has 4 aromatic rings. The Balaban J connectivity index is 1.44. The van der Waals surface area contributed by atoms with Crippen molar-refractivity contribution in [1.29, 1.82) is 0 Å². The molecule has 150 valence electrons. The summed E-state index contributed by atoms with van der Waals surface area (Å²) in [6.45, 7) is 0.385. The fourth-order valence-electron chi connectivity index (χ4n) is 5.22. The van der Waals surface area contributed by atoms with Crippen LogP contribution in [0, 0.1) is 0 Å². The number of fused-ring (bicyclic) bond motifs is 2. The fourth-order valence-corrected chi connectivity index (χ4v) is 5.22. The normalized spacial score (nSPS) is 15.8. The molecule has 0 N–H and O–H groups in total. The number of ketones is 1. The van der Waals surface area contributed by atoms with E-state index in [1.54, 1.807) is 18.5 Å². The summed E-state index contributed by atoms with van der Waals surface area (Å²) in [6, 6.07) is 22.9. The highest BCUT2D eigenvalue weighted by Crippen LogP contribution is 2.46. The average Bonchev–Trinajstić information content (AvgIpc) is 2.81. The van der Waals surface area contributed by atoms with Crippen LogP contribution in [0.25, 0.3) is 10.8 Å². The minimum atomic E-state index is -0.237. The molecule has 3 heteroatoms. The second-order valence-electron chi connectivity index (χ2n) is 8.47. The lowest BCUT2D eigenvalue weighted by Crippen LogP contribution is -2.36. The SMILES string of the molecule is O=C1C=CC2(Cc3cccc4cccc(c34)C2)c2cccc(OCc3cccnc3)c21. The quantitative estimate of drug-likeness (QED) is 0.447. The van der Waals surface area contributed by atoms with E-state index in [1.807, 2.05) is 24.3 Å². The molecule has 2 aliphatic carbocycles. The fraction of sp³-hybridized carbons (Fsp3) is 0.143. The Kier molecular flexibility index (Phi) is 4.03. The summed E-state index contributed by atoms with van der Waals surface area (Å²) in [5, 5.41) is 2.65. The summed E-state index contributed by atoms with van der Waals surface area (Å²) in [7, 11) is 0. The number of ether oxygens (including phenoxy) is 1. The summed E-state index contributed by atoms with van der Waals surface area (Å²) in [6.07, 6.45) is 9.16. The number of benzene rings is 3. The second-order valence-corrected chi connectivity index (χ2v) is 8.47. The number of rotatable bonds is 3. The summed E-state index contributed by atoms with van der Waals surface area (Å²) in [5.41, 5.74) is 5.18. The van der Waals surface area contributed by atoms with Gasteiger partial charge < -0.3 is 4.74 Å². The summed E-state index contributed by atoms with van der Waals surface area (Å²) in [4.78, 5) is 17.2. The number of hydrogen-bond acceptors (Lipinski definition) is 3. The van der Waals surface area contributed by atoms with Crippen molar-refractivity contribution in [2.45, 2.75) is 24.9 Å². The van der Waals surface area contributed by atoms with E-state index >= 15 is 0 Å². The van der Waals surface area contributed by atoms with Crippen LogP contribution in [0.15, 0.2) is 91.3 Å². The molecule has 2 aliphatic rings. The molecule has 1 aromatic heterocycles. The molecule has 0 aliphatic heterocycles. The van der Waals surface area contributed by atoms with E-state index in [1.165, 1.54) is 21.9 Å². The van der Waals surface area contributed by atoms with E-state index < -0.39 is 0 Å². The van der Waals surface area contributed by atoms with Crippen LogP contribution in [0.4, 0.5) is 0 Å². The number of carbonyl (C=O) groups is 1. The highest BCUT2D eigenvalue weighted by molar-refractivity contribution is 6.09. The molecule has 1 heterocycles. The van der Waals surface area contributed by atoms with Crippen molar-refractivity contribution >= 4 is 16.6 Å². The lowest BCUT2D eigenvalue weighted by Gasteiger charge is -2.39. The molecule has 0 amide bonds. The van der Waals surface area contributed by atoms with Gasteiger partial charge in [0, 0.05) is 23.4 Å². The van der Waals surface area contributed by atoms with Crippen LogP contribution in [0.1, 0.15) is 32.6 Å². The van der Waals surface area contributed by atoms with Gasteiger partial charge in [0.25, 0.3) is 0 Å². The first kappa shape index (κ1) is 18.1. The molecule has 6 rings (SSSR count). The molecule has 0 atom stereocenters. The van der Waals surface area contributed by atoms with Gasteiger partial charge in [-0.25, -0.2) is 0 Å². The van der Waals surface area contributed by atoms with E-state index in [4.69, 9.17) is 4.74 Å². The largest absolute Gasteiger partial charge is 0.488 e. The molecular formula is C28H21NO2. The zero-order valence-corrected chi connectivity index (χ0v) is 17.0. The van der Waals surface area contributed by atoms with Gasteiger partial charge in [-0.2, -0.15) is 0 Å². The number of carbonyl (C=O) groups excluding carboxylic acids is 1. The highest BCUT2D eigenvalue weighted by atomic mass is 16.5. The molecule has 0 saturated carbocycles. The predicted molar refractivity (Wildman–Crippen MR) is 122 cm³/mol. The van der Waals surface area contributed by atoms with Crippen molar-refractivity contribution in [2.75, 3.05) is 0 Å². The second kappa shape index (κ2) is 6.92. The van der Waals surface area contributed by atoms with Crippen molar-refractivity contribution in [3.8, 4) is 5.75 Å². The lowest BCUT2D eigenvalue weighted by atomic mass is 9.63. The molecule has 3 aromatic carbocycles. The van der Waals surface area contributed by atoms with Gasteiger partial charge in [0.2, 0.25) is 0 Å². The van der Waals surface area contributed by atoms with Gasteiger partial charge in [-0.1, -0.05) is 60.7 Å². The standard InChI is InChI=1S/C28H21NO2/c30-24-12-13-28(15-21-8-1-6-20-7-2-9-22(16-28)26(20)21)23-10-3-11-25(27(23)24)31-18-19-5-4-14-29-17-19/h1-14,17H,15-16,18H2. The number of allylic oxidation sites excluding steroid dienone is 2. The first-order chi connectivity index (χ1) is 15.2. The van der Waals surface area contributed by atoms with Crippen LogP contribution in [-0.4, -0.2) is 10.8 Å². The molecule has 0 fully saturated rings. The van der Waals surface area contributed by atoms with Gasteiger partial charge in [-0.15, -0.1) is 0 Å². The van der Waals surface area contributed by atoms with Gasteiger partial charge in [0.05, 0.1) is 5.56 Å². The van der Waals surface area contributed by atoms with Crippen molar-refractivity contribution in [2.24, 2.45) is 0 Å². The maximum absolute atomic E-state index is 13.0. The Labute approximate surface area is 181 Å². The Morgan fingerprint density at radius 1 is 0.903 bits per heavy atom. The Morgan fingerprint density at radius 3 is 2.42 bits per heavy atom. The third-order valence-corrected chi connectivity index (χ3v) is 6.57. The summed E-state index contributed by atoms with van der Waals surface area (Å²) < 4.78 is 6.13. The minimum Gasteiger partial charge on any atom is -0.488 e. The van der Waals surface area contributed by atoms with E-state index in [0.717, 1.165) is 24.0 Å². The van der Waals surface area contributed by atoms with Gasteiger partial charge >= 0.3 is 0 Å². The molecule has 0 radical (unpaired) electrons. The van der Waals surface area contributed by atoms with Crippen LogP contribution < -0.4 is 4.74 Å². The minimum absolute atomic E-state index is 0.0134. The molecule has 0 unspecified atom stereocenters. The smallest absolute Gasteiger partial charge is 0.189 e. The zero-order valence-electron chi connectivity index (χ0n) is 17.0.